The monoisotopic (exact) mass is 353 g/mol. The Morgan fingerprint density at radius 2 is 1.88 bits per heavy atom. The fourth-order valence-electron chi connectivity index (χ4n) is 3.39. The van der Waals surface area contributed by atoms with E-state index in [9.17, 15) is 8.78 Å². The van der Waals surface area contributed by atoms with Gasteiger partial charge in [0.05, 0.1) is 11.4 Å². The van der Waals surface area contributed by atoms with Crippen LogP contribution in [-0.2, 0) is 0 Å². The first-order valence-corrected chi connectivity index (χ1v) is 9.00. The molecule has 0 radical (unpaired) electrons. The maximum atomic E-state index is 12.6. The molecule has 0 aromatic heterocycles. The number of aliphatic imine (C=N–C) groups is 2. The Bertz CT molecular complexity index is 656. The van der Waals surface area contributed by atoms with Gasteiger partial charge in [-0.05, 0) is 37.8 Å². The molecule has 0 saturated heterocycles. The van der Waals surface area contributed by atoms with Gasteiger partial charge in [-0.15, -0.1) is 11.8 Å². The number of anilines is 1. The van der Waals surface area contributed by atoms with Crippen LogP contribution in [0, 0.1) is 0 Å². The van der Waals surface area contributed by atoms with Crippen LogP contribution >= 0.6 is 11.8 Å². The van der Waals surface area contributed by atoms with Crippen LogP contribution in [0.5, 0.6) is 0 Å². The molecule has 130 valence electrons. The standard InChI is InChI=1S/C16H21F2N5S/c17-13(18)10-24-12-7-3-2-6-11(12)23-15(20)21-14(19)22-16(23)8-4-1-5-9-16/h2-3,6-7,13H,1,4-5,8-10H2,(H4,19,20,21,22). The Kier molecular flexibility index (Phi) is 4.93. The molecule has 4 N–H and O–H groups in total. The van der Waals surface area contributed by atoms with E-state index in [2.05, 4.69) is 9.98 Å². The Morgan fingerprint density at radius 3 is 2.58 bits per heavy atom. The predicted molar refractivity (Wildman–Crippen MR) is 94.7 cm³/mol. The number of nitrogens with zero attached hydrogens (tertiary/aromatic N) is 3. The topological polar surface area (TPSA) is 80.0 Å². The van der Waals surface area contributed by atoms with Gasteiger partial charge >= 0.3 is 0 Å². The zero-order valence-electron chi connectivity index (χ0n) is 13.3. The molecule has 1 spiro atoms. The van der Waals surface area contributed by atoms with Crippen LogP contribution in [0.25, 0.3) is 0 Å². The fourth-order valence-corrected chi connectivity index (χ4v) is 4.17. The molecule has 1 aromatic carbocycles. The molecule has 0 unspecified atom stereocenters. The van der Waals surface area contributed by atoms with E-state index in [1.807, 2.05) is 29.2 Å². The van der Waals surface area contributed by atoms with Gasteiger partial charge in [-0.1, -0.05) is 18.6 Å². The van der Waals surface area contributed by atoms with Crippen molar-refractivity contribution in [2.75, 3.05) is 10.7 Å². The van der Waals surface area contributed by atoms with Gasteiger partial charge in [0.15, 0.2) is 0 Å². The van der Waals surface area contributed by atoms with E-state index in [-0.39, 0.29) is 17.7 Å². The maximum Gasteiger partial charge on any atom is 0.247 e. The van der Waals surface area contributed by atoms with Crippen molar-refractivity contribution in [3.8, 4) is 0 Å². The molecule has 8 heteroatoms. The normalized spacial score (nSPS) is 20.2. The van der Waals surface area contributed by atoms with Gasteiger partial charge in [0, 0.05) is 4.90 Å². The van der Waals surface area contributed by atoms with Gasteiger partial charge < -0.3 is 11.5 Å². The van der Waals surface area contributed by atoms with Gasteiger partial charge in [0.2, 0.25) is 18.3 Å². The third kappa shape index (κ3) is 3.33. The summed E-state index contributed by atoms with van der Waals surface area (Å²) in [7, 11) is 0. The molecule has 0 amide bonds. The summed E-state index contributed by atoms with van der Waals surface area (Å²) in [4.78, 5) is 11.4. The number of hydrogen-bond acceptors (Lipinski definition) is 6. The number of halogens is 2. The first-order valence-electron chi connectivity index (χ1n) is 8.01. The second-order valence-electron chi connectivity index (χ2n) is 5.99. The quantitative estimate of drug-likeness (QED) is 0.815. The largest absolute Gasteiger partial charge is 0.369 e. The van der Waals surface area contributed by atoms with Crippen molar-refractivity contribution in [1.82, 2.24) is 0 Å². The minimum Gasteiger partial charge on any atom is -0.369 e. The average molecular weight is 353 g/mol. The molecule has 1 aliphatic heterocycles. The van der Waals surface area contributed by atoms with Gasteiger partial charge in [-0.3, -0.25) is 4.90 Å². The molecule has 5 nitrogen and oxygen atoms in total. The Balaban J connectivity index is 2.01. The molecule has 1 fully saturated rings. The molecule has 1 saturated carbocycles. The van der Waals surface area contributed by atoms with Crippen molar-refractivity contribution in [2.24, 2.45) is 21.5 Å². The summed E-state index contributed by atoms with van der Waals surface area (Å²) < 4.78 is 25.3. The molecule has 1 aromatic rings. The molecule has 3 rings (SSSR count). The van der Waals surface area contributed by atoms with Crippen molar-refractivity contribution in [3.05, 3.63) is 24.3 Å². The first kappa shape index (κ1) is 17.0. The highest BCUT2D eigenvalue weighted by molar-refractivity contribution is 7.99. The number of benzene rings is 1. The molecule has 24 heavy (non-hydrogen) atoms. The lowest BCUT2D eigenvalue weighted by atomic mass is 9.87. The Hall–Kier alpha value is -1.83. The van der Waals surface area contributed by atoms with Gasteiger partial charge in [-0.25, -0.2) is 13.8 Å². The highest BCUT2D eigenvalue weighted by Gasteiger charge is 2.43. The number of rotatable bonds is 4. The smallest absolute Gasteiger partial charge is 0.247 e. The lowest BCUT2D eigenvalue weighted by molar-refractivity contribution is 0.177. The summed E-state index contributed by atoms with van der Waals surface area (Å²) in [5, 5.41) is 0. The summed E-state index contributed by atoms with van der Waals surface area (Å²) >= 11 is 1.12. The molecule has 1 heterocycles. The van der Waals surface area contributed by atoms with Crippen molar-refractivity contribution >= 4 is 29.4 Å². The third-order valence-corrected chi connectivity index (χ3v) is 5.40. The predicted octanol–water partition coefficient (Wildman–Crippen LogP) is 3.15. The molecule has 0 bridgehead atoms. The zero-order valence-corrected chi connectivity index (χ0v) is 14.1. The highest BCUT2D eigenvalue weighted by Crippen LogP contribution is 2.42. The van der Waals surface area contributed by atoms with Gasteiger partial charge in [0.1, 0.15) is 5.66 Å². The van der Waals surface area contributed by atoms with Gasteiger partial charge in [0.25, 0.3) is 0 Å². The number of guanidine groups is 2. The summed E-state index contributed by atoms with van der Waals surface area (Å²) in [5.41, 5.74) is 12.3. The van der Waals surface area contributed by atoms with Crippen molar-refractivity contribution in [1.29, 1.82) is 0 Å². The Morgan fingerprint density at radius 1 is 1.17 bits per heavy atom. The average Bonchev–Trinajstić information content (AvgIpc) is 2.53. The van der Waals surface area contributed by atoms with E-state index in [1.54, 1.807) is 0 Å². The fraction of sp³-hybridized carbons (Fsp3) is 0.500. The first-order chi connectivity index (χ1) is 11.5. The van der Waals surface area contributed by atoms with Crippen LogP contribution < -0.4 is 16.4 Å². The molecule has 1 aliphatic carbocycles. The van der Waals surface area contributed by atoms with E-state index in [0.29, 0.717) is 0 Å². The number of para-hydroxylation sites is 1. The maximum absolute atomic E-state index is 12.6. The van der Waals surface area contributed by atoms with Crippen LogP contribution in [0.2, 0.25) is 0 Å². The van der Waals surface area contributed by atoms with Crippen molar-refractivity contribution < 1.29 is 8.78 Å². The van der Waals surface area contributed by atoms with Gasteiger partial charge in [-0.2, -0.15) is 4.99 Å². The minimum atomic E-state index is -2.37. The van der Waals surface area contributed by atoms with Crippen LogP contribution in [0.3, 0.4) is 0 Å². The number of hydrogen-bond donors (Lipinski definition) is 2. The van der Waals surface area contributed by atoms with Crippen LogP contribution in [0.4, 0.5) is 14.5 Å². The van der Waals surface area contributed by atoms with Crippen LogP contribution in [0.1, 0.15) is 32.1 Å². The number of thioether (sulfide) groups is 1. The van der Waals surface area contributed by atoms with E-state index in [4.69, 9.17) is 11.5 Å². The lowest BCUT2D eigenvalue weighted by Crippen LogP contribution is -2.58. The Labute approximate surface area is 144 Å². The lowest BCUT2D eigenvalue weighted by Gasteiger charge is -2.46. The SMILES string of the molecule is NC1=NC2(CCCCC2)N(c2ccccc2SCC(F)F)C(N)=N1. The van der Waals surface area contributed by atoms with Crippen molar-refractivity contribution in [3.63, 3.8) is 0 Å². The molecule has 0 atom stereocenters. The third-order valence-electron chi connectivity index (χ3n) is 4.32. The molecule has 2 aliphatic rings. The summed E-state index contributed by atoms with van der Waals surface area (Å²) in [6.45, 7) is 0. The second-order valence-corrected chi connectivity index (χ2v) is 7.05. The number of nitrogens with two attached hydrogens (primary N) is 2. The summed E-state index contributed by atoms with van der Waals surface area (Å²) in [5.74, 6) is 0.193. The minimum absolute atomic E-state index is 0.184. The molecular formula is C16H21F2N5S. The summed E-state index contributed by atoms with van der Waals surface area (Å²) in [6.07, 6.45) is 2.45. The number of alkyl halides is 2. The summed E-state index contributed by atoms with van der Waals surface area (Å²) in [6, 6.07) is 7.41. The molecular weight excluding hydrogens is 332 g/mol. The van der Waals surface area contributed by atoms with E-state index in [1.165, 1.54) is 0 Å². The van der Waals surface area contributed by atoms with E-state index in [0.717, 1.165) is 54.4 Å². The van der Waals surface area contributed by atoms with E-state index >= 15 is 0 Å². The van der Waals surface area contributed by atoms with Crippen LogP contribution in [0.15, 0.2) is 39.1 Å². The zero-order chi connectivity index (χ0) is 17.2. The second kappa shape index (κ2) is 6.96. The van der Waals surface area contributed by atoms with E-state index < -0.39 is 12.1 Å². The van der Waals surface area contributed by atoms with Crippen LogP contribution in [-0.4, -0.2) is 29.8 Å². The highest BCUT2D eigenvalue weighted by atomic mass is 32.2. The van der Waals surface area contributed by atoms with Crippen molar-refractivity contribution in [2.45, 2.75) is 49.1 Å².